The van der Waals surface area contributed by atoms with E-state index in [0.29, 0.717) is 0 Å². The molecule has 0 radical (unpaired) electrons. The van der Waals surface area contributed by atoms with Crippen LogP contribution in [0.25, 0.3) is 0 Å². The van der Waals surface area contributed by atoms with Crippen molar-refractivity contribution in [3.05, 3.63) is 0 Å². The summed E-state index contributed by atoms with van der Waals surface area (Å²) in [5.74, 6) is 0. The minimum atomic E-state index is -0.611. The van der Waals surface area contributed by atoms with E-state index in [1.54, 1.807) is 13.8 Å². The molecule has 40 valence electrons. The Balaban J connectivity index is 3.66. The maximum atomic E-state index is 8.22. The van der Waals surface area contributed by atoms with E-state index >= 15 is 0 Å². The molecule has 0 amide bonds. The second kappa shape index (κ2) is 1.94. The standard InChI is InChI=1S/C5H9NO/c1-5(2,4-6)7-3/h1-3H3. The molecule has 0 spiro atoms. The van der Waals surface area contributed by atoms with Crippen LogP contribution < -0.4 is 0 Å². The van der Waals surface area contributed by atoms with E-state index in [2.05, 4.69) is 0 Å². The quantitative estimate of drug-likeness (QED) is 0.490. The lowest BCUT2D eigenvalue weighted by Gasteiger charge is -2.10. The highest BCUT2D eigenvalue weighted by atomic mass is 16.5. The molecule has 0 aliphatic heterocycles. The van der Waals surface area contributed by atoms with Gasteiger partial charge in [0.25, 0.3) is 0 Å². The van der Waals surface area contributed by atoms with Gasteiger partial charge in [-0.25, -0.2) is 0 Å². The Kier molecular flexibility index (Phi) is 1.79. The topological polar surface area (TPSA) is 33.0 Å². The van der Waals surface area contributed by atoms with E-state index in [0.717, 1.165) is 0 Å². The summed E-state index contributed by atoms with van der Waals surface area (Å²) in [5, 5.41) is 8.22. The van der Waals surface area contributed by atoms with E-state index in [1.165, 1.54) is 7.11 Å². The van der Waals surface area contributed by atoms with Crippen molar-refractivity contribution < 1.29 is 4.74 Å². The second-order valence-electron chi connectivity index (χ2n) is 1.83. The molecule has 7 heavy (non-hydrogen) atoms. The Bertz CT molecular complexity index is 90.7. The van der Waals surface area contributed by atoms with Crippen molar-refractivity contribution in [1.29, 1.82) is 5.26 Å². The molecule has 0 atom stereocenters. The molecule has 0 bridgehead atoms. The lowest BCUT2D eigenvalue weighted by Crippen LogP contribution is -2.18. The van der Waals surface area contributed by atoms with Gasteiger partial charge in [-0.15, -0.1) is 0 Å². The first-order valence-electron chi connectivity index (χ1n) is 2.09. The Morgan fingerprint density at radius 1 is 1.57 bits per heavy atom. The average Bonchev–Trinajstić information content (AvgIpc) is 1.68. The summed E-state index contributed by atoms with van der Waals surface area (Å²) in [6.45, 7) is 3.43. The fourth-order valence-corrected chi connectivity index (χ4v) is 0.0456. The SMILES string of the molecule is COC(C)(C)C#N. The van der Waals surface area contributed by atoms with Crippen molar-refractivity contribution in [2.75, 3.05) is 7.11 Å². The van der Waals surface area contributed by atoms with Gasteiger partial charge in [-0.3, -0.25) is 0 Å². The van der Waals surface area contributed by atoms with Crippen LogP contribution in [0, 0.1) is 11.3 Å². The van der Waals surface area contributed by atoms with Crippen LogP contribution in [0.3, 0.4) is 0 Å². The maximum absolute atomic E-state index is 8.22. The predicted molar refractivity (Wildman–Crippen MR) is 26.7 cm³/mol. The normalized spacial score (nSPS) is 10.6. The fourth-order valence-electron chi connectivity index (χ4n) is 0.0456. The molecule has 0 heterocycles. The van der Waals surface area contributed by atoms with Gasteiger partial charge in [0.1, 0.15) is 5.60 Å². The number of nitrogens with zero attached hydrogens (tertiary/aromatic N) is 1. The van der Waals surface area contributed by atoms with Crippen LogP contribution in [0.5, 0.6) is 0 Å². The Labute approximate surface area is 43.7 Å². The molecule has 0 unspecified atom stereocenters. The first-order valence-corrected chi connectivity index (χ1v) is 2.09. The Morgan fingerprint density at radius 3 is 2.00 bits per heavy atom. The molecule has 0 aromatic carbocycles. The monoisotopic (exact) mass is 99.1 g/mol. The number of hydrogen-bond donors (Lipinski definition) is 0. The summed E-state index contributed by atoms with van der Waals surface area (Å²) in [4.78, 5) is 0. The molecule has 0 fully saturated rings. The first-order chi connectivity index (χ1) is 3.12. The van der Waals surface area contributed by atoms with Crippen LogP contribution in [-0.4, -0.2) is 12.7 Å². The molecule has 2 heteroatoms. The third kappa shape index (κ3) is 2.18. The molecule has 0 N–H and O–H groups in total. The van der Waals surface area contributed by atoms with Crippen LogP contribution in [-0.2, 0) is 4.74 Å². The van der Waals surface area contributed by atoms with Gasteiger partial charge < -0.3 is 4.74 Å². The molecule has 0 saturated heterocycles. The van der Waals surface area contributed by atoms with Crippen LogP contribution >= 0.6 is 0 Å². The fraction of sp³-hybridized carbons (Fsp3) is 0.800. The summed E-state index contributed by atoms with van der Waals surface area (Å²) in [6, 6.07) is 1.97. The summed E-state index contributed by atoms with van der Waals surface area (Å²) < 4.78 is 4.73. The van der Waals surface area contributed by atoms with Crippen molar-refractivity contribution in [1.82, 2.24) is 0 Å². The van der Waals surface area contributed by atoms with E-state index in [-0.39, 0.29) is 0 Å². The van der Waals surface area contributed by atoms with Gasteiger partial charge in [0.05, 0.1) is 6.07 Å². The molecule has 0 aliphatic rings. The van der Waals surface area contributed by atoms with Crippen molar-refractivity contribution in [3.63, 3.8) is 0 Å². The van der Waals surface area contributed by atoms with Crippen molar-refractivity contribution in [2.45, 2.75) is 19.4 Å². The minimum Gasteiger partial charge on any atom is -0.364 e. The van der Waals surface area contributed by atoms with E-state index in [1.807, 2.05) is 6.07 Å². The highest BCUT2D eigenvalue weighted by molar-refractivity contribution is 4.93. The average molecular weight is 99.1 g/mol. The summed E-state index contributed by atoms with van der Waals surface area (Å²) in [7, 11) is 1.52. The van der Waals surface area contributed by atoms with Crippen LogP contribution in [0.15, 0.2) is 0 Å². The van der Waals surface area contributed by atoms with Gasteiger partial charge in [-0.05, 0) is 13.8 Å². The van der Waals surface area contributed by atoms with Gasteiger partial charge in [0.15, 0.2) is 0 Å². The van der Waals surface area contributed by atoms with Gasteiger partial charge in [0, 0.05) is 7.11 Å². The summed E-state index contributed by atoms with van der Waals surface area (Å²) in [5.41, 5.74) is -0.611. The zero-order valence-electron chi connectivity index (χ0n) is 4.86. The largest absolute Gasteiger partial charge is 0.364 e. The number of rotatable bonds is 1. The molecular weight excluding hydrogens is 90.1 g/mol. The van der Waals surface area contributed by atoms with Gasteiger partial charge >= 0.3 is 0 Å². The molecule has 0 saturated carbocycles. The van der Waals surface area contributed by atoms with Crippen molar-refractivity contribution in [2.24, 2.45) is 0 Å². The van der Waals surface area contributed by atoms with Gasteiger partial charge in [-0.2, -0.15) is 5.26 Å². The highest BCUT2D eigenvalue weighted by Gasteiger charge is 2.12. The molecule has 0 aliphatic carbocycles. The zero-order chi connectivity index (χ0) is 5.91. The van der Waals surface area contributed by atoms with E-state index in [9.17, 15) is 0 Å². The third-order valence-corrected chi connectivity index (χ3v) is 0.780. The smallest absolute Gasteiger partial charge is 0.148 e. The first kappa shape index (κ1) is 6.45. The third-order valence-electron chi connectivity index (χ3n) is 0.780. The Hall–Kier alpha value is -0.550. The van der Waals surface area contributed by atoms with Crippen molar-refractivity contribution in [3.8, 4) is 6.07 Å². The zero-order valence-corrected chi connectivity index (χ0v) is 4.86. The van der Waals surface area contributed by atoms with E-state index in [4.69, 9.17) is 10.00 Å². The highest BCUT2D eigenvalue weighted by Crippen LogP contribution is 2.02. The second-order valence-corrected chi connectivity index (χ2v) is 1.83. The molecule has 2 nitrogen and oxygen atoms in total. The maximum Gasteiger partial charge on any atom is 0.148 e. The molecule has 0 aromatic rings. The summed E-state index contributed by atoms with van der Waals surface area (Å²) >= 11 is 0. The number of hydrogen-bond acceptors (Lipinski definition) is 2. The van der Waals surface area contributed by atoms with Crippen LogP contribution in [0.1, 0.15) is 13.8 Å². The molecule has 0 aromatic heterocycles. The van der Waals surface area contributed by atoms with Gasteiger partial charge in [0.2, 0.25) is 0 Å². The van der Waals surface area contributed by atoms with Gasteiger partial charge in [-0.1, -0.05) is 0 Å². The number of nitriles is 1. The van der Waals surface area contributed by atoms with E-state index < -0.39 is 5.60 Å². The Morgan fingerprint density at radius 2 is 2.00 bits per heavy atom. The van der Waals surface area contributed by atoms with Crippen LogP contribution in [0.4, 0.5) is 0 Å². The molecule has 0 rings (SSSR count). The number of ether oxygens (including phenoxy) is 1. The lowest BCUT2D eigenvalue weighted by atomic mass is 10.2. The minimum absolute atomic E-state index is 0.611. The van der Waals surface area contributed by atoms with Crippen LogP contribution in [0.2, 0.25) is 0 Å². The van der Waals surface area contributed by atoms with Crippen molar-refractivity contribution >= 4 is 0 Å². The number of methoxy groups -OCH3 is 1. The predicted octanol–water partition coefficient (Wildman–Crippen LogP) is 0.935. The summed E-state index contributed by atoms with van der Waals surface area (Å²) in [6.07, 6.45) is 0. The lowest BCUT2D eigenvalue weighted by molar-refractivity contribution is 0.0723. The molecular formula is C5H9NO.